The molecule has 2 aromatic rings. The summed E-state index contributed by atoms with van der Waals surface area (Å²) in [6.07, 6.45) is -1.98. The number of nitrogens with one attached hydrogen (secondary N) is 3. The van der Waals surface area contributed by atoms with Gasteiger partial charge in [-0.25, -0.2) is 13.2 Å². The maximum Gasteiger partial charge on any atom is 0.322 e. The number of nitrogens with zero attached hydrogens (tertiary/aromatic N) is 1. The number of rotatable bonds is 6. The molecule has 1 unspecified atom stereocenters. The number of halogens is 2. The summed E-state index contributed by atoms with van der Waals surface area (Å²) in [5.41, 5.74) is 4.98. The topological polar surface area (TPSA) is 134 Å². The van der Waals surface area contributed by atoms with E-state index in [-0.39, 0.29) is 22.6 Å². The number of amides is 4. The molecular formula is C22H24F2N4O6S. The van der Waals surface area contributed by atoms with E-state index in [4.69, 9.17) is 4.74 Å². The smallest absolute Gasteiger partial charge is 0.322 e. The molecule has 0 bridgehead atoms. The quantitative estimate of drug-likeness (QED) is 0.506. The third-order valence-electron chi connectivity index (χ3n) is 5.14. The van der Waals surface area contributed by atoms with Crippen LogP contribution in [0.2, 0.25) is 0 Å². The monoisotopic (exact) mass is 510 g/mol. The average Bonchev–Trinajstić information content (AvgIpc) is 2.82. The fraction of sp³-hybridized carbons (Fsp3) is 0.318. The van der Waals surface area contributed by atoms with Gasteiger partial charge in [-0.05, 0) is 42.0 Å². The molecule has 0 spiro atoms. The van der Waals surface area contributed by atoms with Gasteiger partial charge >= 0.3 is 18.4 Å². The Hall–Kier alpha value is -3.58. The number of benzene rings is 2. The third kappa shape index (κ3) is 7.45. The molecule has 35 heavy (non-hydrogen) atoms. The first-order valence-corrected chi connectivity index (χ1v) is 12.4. The zero-order valence-corrected chi connectivity index (χ0v) is 19.5. The summed E-state index contributed by atoms with van der Waals surface area (Å²) < 4.78 is 53.2. The van der Waals surface area contributed by atoms with E-state index in [0.717, 1.165) is 11.8 Å². The van der Waals surface area contributed by atoms with Crippen molar-refractivity contribution >= 4 is 33.4 Å². The van der Waals surface area contributed by atoms with E-state index in [9.17, 15) is 31.6 Å². The number of hydrogen-bond acceptors (Lipinski definition) is 6. The lowest BCUT2D eigenvalue weighted by Gasteiger charge is -2.33. The van der Waals surface area contributed by atoms with Crippen LogP contribution in [-0.4, -0.2) is 69.6 Å². The highest BCUT2D eigenvalue weighted by Crippen LogP contribution is 2.17. The van der Waals surface area contributed by atoms with Crippen LogP contribution in [0.25, 0.3) is 0 Å². The number of alkyl halides is 2. The Bertz CT molecular complexity index is 1170. The van der Waals surface area contributed by atoms with E-state index in [1.54, 1.807) is 22.5 Å². The highest BCUT2D eigenvalue weighted by atomic mass is 32.2. The molecule has 3 N–H and O–H groups in total. The van der Waals surface area contributed by atoms with Gasteiger partial charge in [0.25, 0.3) is 5.91 Å². The van der Waals surface area contributed by atoms with Gasteiger partial charge in [0, 0.05) is 37.0 Å². The van der Waals surface area contributed by atoms with Crippen LogP contribution in [0.1, 0.15) is 15.9 Å². The second kappa shape index (κ2) is 11.2. The minimum absolute atomic E-state index is 0.156. The number of ether oxygens (including phenoxy) is 1. The molecule has 1 heterocycles. The second-order valence-corrected chi connectivity index (χ2v) is 9.83. The molecule has 1 saturated heterocycles. The standard InChI is InChI=1S/C22H24F2N4O6S/c1-35(32,33)18-8-6-16(7-9-18)25-22(31)28-10-11-34-17(13-28)12-14-2-4-15(5-3-14)20(29)26-27-21(30)19(23)24/h2-9,17,19H,10-13H2,1H3,(H,25,31)(H,26,29)(H,27,30). The van der Waals surface area contributed by atoms with Gasteiger partial charge in [-0.3, -0.25) is 20.4 Å². The van der Waals surface area contributed by atoms with Gasteiger partial charge in [0.15, 0.2) is 9.84 Å². The van der Waals surface area contributed by atoms with Crippen molar-refractivity contribution < 1.29 is 36.3 Å². The molecule has 4 amide bonds. The van der Waals surface area contributed by atoms with E-state index in [1.165, 1.54) is 36.4 Å². The maximum absolute atomic E-state index is 12.6. The normalized spacial score (nSPS) is 16.0. The molecular weight excluding hydrogens is 486 g/mol. The molecule has 188 valence electrons. The van der Waals surface area contributed by atoms with Crippen LogP contribution in [0.15, 0.2) is 53.4 Å². The van der Waals surface area contributed by atoms with Crippen molar-refractivity contribution in [2.75, 3.05) is 31.3 Å². The summed E-state index contributed by atoms with van der Waals surface area (Å²) in [5, 5.41) is 2.74. The fourth-order valence-electron chi connectivity index (χ4n) is 3.32. The molecule has 1 aliphatic heterocycles. The summed E-state index contributed by atoms with van der Waals surface area (Å²) in [6.45, 7) is 1.03. The number of hydrazine groups is 1. The minimum Gasteiger partial charge on any atom is -0.374 e. The average molecular weight is 511 g/mol. The van der Waals surface area contributed by atoms with E-state index < -0.39 is 28.1 Å². The number of carbonyl (C=O) groups is 3. The van der Waals surface area contributed by atoms with Crippen LogP contribution >= 0.6 is 0 Å². The molecule has 0 saturated carbocycles. The third-order valence-corrected chi connectivity index (χ3v) is 6.27. The number of anilines is 1. The second-order valence-electron chi connectivity index (χ2n) is 7.81. The van der Waals surface area contributed by atoms with Gasteiger partial charge in [0.05, 0.1) is 17.6 Å². The molecule has 13 heteroatoms. The summed E-state index contributed by atoms with van der Waals surface area (Å²) >= 11 is 0. The van der Waals surface area contributed by atoms with Gasteiger partial charge in [-0.15, -0.1) is 0 Å². The molecule has 10 nitrogen and oxygen atoms in total. The first-order valence-electron chi connectivity index (χ1n) is 10.5. The highest BCUT2D eigenvalue weighted by Gasteiger charge is 2.25. The molecule has 2 aromatic carbocycles. The Morgan fingerprint density at radius 3 is 2.31 bits per heavy atom. The van der Waals surface area contributed by atoms with E-state index in [1.807, 2.05) is 5.43 Å². The van der Waals surface area contributed by atoms with E-state index >= 15 is 0 Å². The van der Waals surface area contributed by atoms with Crippen LogP contribution in [0, 0.1) is 0 Å². The Balaban J connectivity index is 1.52. The van der Waals surface area contributed by atoms with E-state index in [2.05, 4.69) is 5.32 Å². The van der Waals surface area contributed by atoms with Crippen LogP contribution in [0.3, 0.4) is 0 Å². The van der Waals surface area contributed by atoms with E-state index in [0.29, 0.717) is 31.8 Å². The van der Waals surface area contributed by atoms with Gasteiger partial charge in [-0.2, -0.15) is 8.78 Å². The van der Waals surface area contributed by atoms with Gasteiger partial charge in [0.1, 0.15) is 0 Å². The lowest BCUT2D eigenvalue weighted by atomic mass is 10.0. The van der Waals surface area contributed by atoms with Crippen molar-refractivity contribution in [3.63, 3.8) is 0 Å². The molecule has 1 fully saturated rings. The minimum atomic E-state index is -3.33. The van der Waals surface area contributed by atoms with Crippen LogP contribution < -0.4 is 16.2 Å². The number of sulfone groups is 1. The molecule has 0 aliphatic carbocycles. The van der Waals surface area contributed by atoms with Crippen molar-refractivity contribution in [1.82, 2.24) is 15.8 Å². The Labute approximate surface area is 200 Å². The van der Waals surface area contributed by atoms with Gasteiger partial charge in [-0.1, -0.05) is 12.1 Å². The zero-order chi connectivity index (χ0) is 25.6. The number of urea groups is 1. The van der Waals surface area contributed by atoms with Crippen LogP contribution in [0.4, 0.5) is 19.3 Å². The van der Waals surface area contributed by atoms with Crippen molar-refractivity contribution in [3.8, 4) is 0 Å². The number of carbonyl (C=O) groups excluding carboxylic acids is 3. The van der Waals surface area contributed by atoms with Crippen LogP contribution in [0.5, 0.6) is 0 Å². The fourth-order valence-corrected chi connectivity index (χ4v) is 3.95. The summed E-state index contributed by atoms with van der Waals surface area (Å²) in [7, 11) is -3.33. The van der Waals surface area contributed by atoms with Crippen molar-refractivity contribution in [2.45, 2.75) is 23.8 Å². The Morgan fingerprint density at radius 2 is 1.71 bits per heavy atom. The molecule has 1 aliphatic rings. The van der Waals surface area contributed by atoms with Crippen molar-refractivity contribution in [3.05, 3.63) is 59.7 Å². The Morgan fingerprint density at radius 1 is 1.06 bits per heavy atom. The molecule has 3 rings (SSSR count). The summed E-state index contributed by atoms with van der Waals surface area (Å²) in [4.78, 5) is 37.2. The number of morpholine rings is 1. The van der Waals surface area contributed by atoms with Gasteiger partial charge < -0.3 is 15.0 Å². The predicted molar refractivity (Wildman–Crippen MR) is 122 cm³/mol. The first kappa shape index (κ1) is 26.0. The molecule has 0 radical (unpaired) electrons. The Kier molecular flexibility index (Phi) is 8.35. The largest absolute Gasteiger partial charge is 0.374 e. The lowest BCUT2D eigenvalue weighted by Crippen LogP contribution is -2.48. The van der Waals surface area contributed by atoms with Gasteiger partial charge in [0.2, 0.25) is 0 Å². The summed E-state index contributed by atoms with van der Waals surface area (Å²) in [5.74, 6) is -2.35. The molecule has 1 atom stereocenters. The lowest BCUT2D eigenvalue weighted by molar-refractivity contribution is -0.132. The predicted octanol–water partition coefficient (Wildman–Crippen LogP) is 1.59. The van der Waals surface area contributed by atoms with Crippen molar-refractivity contribution in [1.29, 1.82) is 0 Å². The highest BCUT2D eigenvalue weighted by molar-refractivity contribution is 7.90. The first-order chi connectivity index (χ1) is 16.5. The zero-order valence-electron chi connectivity index (χ0n) is 18.7. The summed E-state index contributed by atoms with van der Waals surface area (Å²) in [6, 6.07) is 11.8. The molecule has 0 aromatic heterocycles. The number of hydrogen-bond donors (Lipinski definition) is 3. The SMILES string of the molecule is CS(=O)(=O)c1ccc(NC(=O)N2CCOC(Cc3ccc(C(=O)NNC(=O)C(F)F)cc3)C2)cc1. The van der Waals surface area contributed by atoms with Crippen LogP contribution in [-0.2, 0) is 25.8 Å². The van der Waals surface area contributed by atoms with Crippen molar-refractivity contribution in [2.24, 2.45) is 0 Å². The maximum atomic E-state index is 12.6.